The van der Waals surface area contributed by atoms with Crippen LogP contribution in [0, 0.1) is 24.7 Å². The molecule has 0 saturated carbocycles. The Bertz CT molecular complexity index is 1630. The fraction of sp³-hybridized carbons (Fsp3) is 0.458. The van der Waals surface area contributed by atoms with E-state index in [2.05, 4.69) is 36.3 Å². The zero-order valence-electron chi connectivity index (χ0n) is 34.3. The first kappa shape index (κ1) is 48.7. The van der Waals surface area contributed by atoms with Crippen LogP contribution in [0.4, 0.5) is 11.4 Å². The van der Waals surface area contributed by atoms with Crippen molar-refractivity contribution in [3.8, 4) is 24.7 Å². The summed E-state index contributed by atoms with van der Waals surface area (Å²) in [5.74, 6) is 3.96. The average molecular weight is 765 g/mol. The quantitative estimate of drug-likeness (QED) is 0.0599. The number of benzene rings is 3. The molecule has 3 aromatic rings. The molecule has 0 radical (unpaired) electrons. The molecule has 0 bridgehead atoms. The number of amides is 2. The molecule has 0 aliphatic rings. The van der Waals surface area contributed by atoms with Gasteiger partial charge in [0.25, 0.3) is 5.91 Å². The van der Waals surface area contributed by atoms with Gasteiger partial charge in [-0.3, -0.25) is 14.4 Å². The van der Waals surface area contributed by atoms with E-state index in [1.807, 2.05) is 0 Å². The molecule has 302 valence electrons. The Hall–Kier alpha value is -5.34. The lowest BCUT2D eigenvalue weighted by molar-refractivity contribution is -0.141. The number of rotatable bonds is 22. The van der Waals surface area contributed by atoms with Gasteiger partial charge in [0.2, 0.25) is 5.91 Å². The first-order chi connectivity index (χ1) is 27.1. The van der Waals surface area contributed by atoms with Crippen LogP contribution in [-0.2, 0) is 19.1 Å². The highest BCUT2D eigenvalue weighted by Crippen LogP contribution is 2.16. The van der Waals surface area contributed by atoms with Crippen molar-refractivity contribution in [2.45, 2.75) is 130 Å². The van der Waals surface area contributed by atoms with Crippen molar-refractivity contribution in [3.05, 3.63) is 95.1 Å². The van der Waals surface area contributed by atoms with Crippen molar-refractivity contribution >= 4 is 35.1 Å². The number of unbranched alkanes of at least 4 members (excludes halogenated alkanes) is 14. The minimum atomic E-state index is -0.466. The van der Waals surface area contributed by atoms with Crippen molar-refractivity contribution in [1.82, 2.24) is 0 Å². The van der Waals surface area contributed by atoms with Crippen LogP contribution in [0.15, 0.2) is 72.8 Å². The lowest BCUT2D eigenvalue weighted by Gasteiger charge is -2.10. The zero-order valence-corrected chi connectivity index (χ0v) is 34.3. The Balaban J connectivity index is 0.000000497. The summed E-state index contributed by atoms with van der Waals surface area (Å²) >= 11 is 0. The van der Waals surface area contributed by atoms with E-state index in [4.69, 9.17) is 22.3 Å². The van der Waals surface area contributed by atoms with Gasteiger partial charge in [0, 0.05) is 36.3 Å². The summed E-state index contributed by atoms with van der Waals surface area (Å²) in [6.45, 7) is 8.36. The molecule has 3 rings (SSSR count). The highest BCUT2D eigenvalue weighted by molar-refractivity contribution is 6.11. The Morgan fingerprint density at radius 3 is 1.32 bits per heavy atom. The van der Waals surface area contributed by atoms with Gasteiger partial charge in [0.15, 0.2) is 0 Å². The van der Waals surface area contributed by atoms with Crippen molar-refractivity contribution in [3.63, 3.8) is 0 Å². The molecule has 2 N–H and O–H groups in total. The summed E-state index contributed by atoms with van der Waals surface area (Å²) in [6.07, 6.45) is 30.2. The number of terminal acetylenes is 2. The second-order valence-electron chi connectivity index (χ2n) is 13.5. The Labute approximate surface area is 336 Å². The Morgan fingerprint density at radius 1 is 0.518 bits per heavy atom. The highest BCUT2D eigenvalue weighted by Gasteiger charge is 2.18. The molecular formula is C48H64N2O6. The van der Waals surface area contributed by atoms with Crippen LogP contribution in [0.25, 0.3) is 0 Å². The molecule has 0 spiro atoms. The molecule has 3 aromatic carbocycles. The minimum absolute atomic E-state index is 0.0801. The molecule has 0 saturated heterocycles. The van der Waals surface area contributed by atoms with Crippen LogP contribution in [-0.4, -0.2) is 37.0 Å². The molecule has 8 heteroatoms. The highest BCUT2D eigenvalue weighted by atomic mass is 16.5. The third-order valence-corrected chi connectivity index (χ3v) is 8.61. The number of carbonyl (C=O) groups is 4. The number of carbonyl (C=O) groups excluding carboxylic acids is 4. The van der Waals surface area contributed by atoms with Gasteiger partial charge in [-0.2, -0.15) is 0 Å². The lowest BCUT2D eigenvalue weighted by Crippen LogP contribution is -2.18. The van der Waals surface area contributed by atoms with Crippen LogP contribution in [0.1, 0.15) is 162 Å². The maximum Gasteiger partial charge on any atom is 0.338 e. The molecule has 0 unspecified atom stereocenters. The molecular weight excluding hydrogens is 701 g/mol. The fourth-order valence-electron chi connectivity index (χ4n) is 5.49. The first-order valence-electron chi connectivity index (χ1n) is 20.3. The van der Waals surface area contributed by atoms with Crippen molar-refractivity contribution in [1.29, 1.82) is 0 Å². The number of esters is 2. The molecule has 0 atom stereocenters. The third-order valence-electron chi connectivity index (χ3n) is 8.61. The van der Waals surface area contributed by atoms with Gasteiger partial charge in [-0.15, -0.1) is 12.8 Å². The van der Waals surface area contributed by atoms with Gasteiger partial charge < -0.3 is 20.1 Å². The Morgan fingerprint density at radius 2 is 0.911 bits per heavy atom. The van der Waals surface area contributed by atoms with E-state index >= 15 is 0 Å². The summed E-state index contributed by atoms with van der Waals surface area (Å²) in [5.41, 5.74) is 3.49. The number of anilines is 2. The molecule has 0 fully saturated rings. The normalized spacial score (nSPS) is 9.89. The van der Waals surface area contributed by atoms with Crippen LogP contribution in [0.3, 0.4) is 0 Å². The molecule has 8 nitrogen and oxygen atoms in total. The second-order valence-corrected chi connectivity index (χ2v) is 13.5. The number of nitrogens with one attached hydrogen (secondary N) is 2. The van der Waals surface area contributed by atoms with Crippen LogP contribution in [0.2, 0.25) is 0 Å². The standard InChI is InChI=1S/C26H31NO3.C12H24O2.C10H9NO/c1-3-5-6-7-8-9-10-13-20-30-26(29)24-15-12-11-14-23(24)25(28)27-22-18-16-21(4-2)17-19-22;1-3-4-5-6-7-8-9-10-11-14-12(2)13;1-3-9-4-6-10(7-5-9)11-8(2)12/h2,11-12,14-19H,3,5-10,13,20H2,1H3,(H,27,28);3-11H2,1-2H3;1,4-7H,2H3,(H,11,12). The first-order valence-corrected chi connectivity index (χ1v) is 20.3. The zero-order chi connectivity index (χ0) is 41.2. The summed E-state index contributed by atoms with van der Waals surface area (Å²) < 4.78 is 10.3. The molecule has 2 amide bonds. The number of hydrogen-bond donors (Lipinski definition) is 2. The van der Waals surface area contributed by atoms with Crippen molar-refractivity contribution in [2.24, 2.45) is 0 Å². The molecule has 0 aliphatic heterocycles. The topological polar surface area (TPSA) is 111 Å². The lowest BCUT2D eigenvalue weighted by atomic mass is 10.1. The largest absolute Gasteiger partial charge is 0.466 e. The molecule has 0 aliphatic carbocycles. The number of hydrogen-bond acceptors (Lipinski definition) is 6. The monoisotopic (exact) mass is 764 g/mol. The Kier molecular flexibility index (Phi) is 27.8. The van der Waals surface area contributed by atoms with E-state index in [0.29, 0.717) is 24.5 Å². The maximum atomic E-state index is 12.7. The van der Waals surface area contributed by atoms with E-state index in [1.165, 1.54) is 97.3 Å². The van der Waals surface area contributed by atoms with Gasteiger partial charge in [-0.25, -0.2) is 4.79 Å². The summed E-state index contributed by atoms with van der Waals surface area (Å²) in [7, 11) is 0. The summed E-state index contributed by atoms with van der Waals surface area (Å²) in [6, 6.07) is 20.8. The van der Waals surface area contributed by atoms with Crippen molar-refractivity contribution < 1.29 is 28.7 Å². The van der Waals surface area contributed by atoms with E-state index < -0.39 is 5.97 Å². The number of ether oxygens (including phenoxy) is 2. The van der Waals surface area contributed by atoms with Gasteiger partial charge in [-0.1, -0.05) is 128 Å². The minimum Gasteiger partial charge on any atom is -0.466 e. The van der Waals surface area contributed by atoms with Gasteiger partial charge >= 0.3 is 11.9 Å². The van der Waals surface area contributed by atoms with Gasteiger partial charge in [0.1, 0.15) is 0 Å². The van der Waals surface area contributed by atoms with Gasteiger partial charge in [0.05, 0.1) is 24.3 Å². The van der Waals surface area contributed by atoms with E-state index in [0.717, 1.165) is 36.1 Å². The van der Waals surface area contributed by atoms with Crippen molar-refractivity contribution in [2.75, 3.05) is 23.8 Å². The summed E-state index contributed by atoms with van der Waals surface area (Å²) in [4.78, 5) is 46.2. The second kappa shape index (κ2) is 32.0. The van der Waals surface area contributed by atoms with E-state index in [1.54, 1.807) is 72.8 Å². The maximum absolute atomic E-state index is 12.7. The van der Waals surface area contributed by atoms with Gasteiger partial charge in [-0.05, 0) is 73.5 Å². The molecule has 0 heterocycles. The van der Waals surface area contributed by atoms with E-state index in [-0.39, 0.29) is 23.3 Å². The average Bonchev–Trinajstić information content (AvgIpc) is 3.20. The molecule has 0 aromatic heterocycles. The van der Waals surface area contributed by atoms with Crippen LogP contribution in [0.5, 0.6) is 0 Å². The van der Waals surface area contributed by atoms with E-state index in [9.17, 15) is 19.2 Å². The van der Waals surface area contributed by atoms with Crippen LogP contribution >= 0.6 is 0 Å². The third kappa shape index (κ3) is 24.1. The SMILES string of the molecule is C#Cc1ccc(NC(=O)c2ccccc2C(=O)OCCCCCCCCCC)cc1.C#Cc1ccc(NC(C)=O)cc1.CCCCCCCCCCOC(C)=O. The predicted molar refractivity (Wildman–Crippen MR) is 230 cm³/mol. The predicted octanol–water partition coefficient (Wildman–Crippen LogP) is 11.5. The molecule has 56 heavy (non-hydrogen) atoms. The smallest absolute Gasteiger partial charge is 0.338 e. The fourth-order valence-corrected chi connectivity index (χ4v) is 5.49. The van der Waals surface area contributed by atoms with Crippen LogP contribution < -0.4 is 10.6 Å². The summed E-state index contributed by atoms with van der Waals surface area (Å²) in [5, 5.41) is 5.44.